The fourth-order valence-corrected chi connectivity index (χ4v) is 8.78. The van der Waals surface area contributed by atoms with E-state index in [2.05, 4.69) is 0 Å². The van der Waals surface area contributed by atoms with Crippen molar-refractivity contribution < 1.29 is 23.9 Å². The molecule has 2 fully saturated rings. The lowest BCUT2D eigenvalue weighted by molar-refractivity contribution is -0.130. The molecule has 1 saturated heterocycles. The van der Waals surface area contributed by atoms with E-state index in [1.807, 2.05) is 123 Å². The normalized spacial score (nSPS) is 23.8. The van der Waals surface area contributed by atoms with Crippen LogP contribution in [0, 0.1) is 25.7 Å². The van der Waals surface area contributed by atoms with Crippen LogP contribution in [0.4, 0.5) is 5.69 Å². The van der Waals surface area contributed by atoms with E-state index in [1.54, 1.807) is 31.2 Å². The van der Waals surface area contributed by atoms with Gasteiger partial charge >= 0.3 is 5.97 Å². The summed E-state index contributed by atoms with van der Waals surface area (Å²) in [6.45, 7) is 5.99. The molecular formula is C44H35NO5. The van der Waals surface area contributed by atoms with E-state index in [1.165, 1.54) is 4.90 Å². The number of Topliss-reactive ketones (excluding diaryl/α,β-unsaturated/α-hetero) is 1. The Kier molecular flexibility index (Phi) is 7.30. The van der Waals surface area contributed by atoms with Crippen LogP contribution in [0.1, 0.15) is 50.7 Å². The highest BCUT2D eigenvalue weighted by atomic mass is 16.5. The third-order valence-corrected chi connectivity index (χ3v) is 10.8. The summed E-state index contributed by atoms with van der Waals surface area (Å²) < 4.78 is 5.16. The number of amides is 2. The molecule has 1 saturated carbocycles. The first kappa shape index (κ1) is 31.4. The van der Waals surface area contributed by atoms with E-state index in [0.717, 1.165) is 33.4 Å². The van der Waals surface area contributed by atoms with Crippen LogP contribution in [0.5, 0.6) is 0 Å². The van der Waals surface area contributed by atoms with E-state index in [4.69, 9.17) is 4.74 Å². The Hall–Kier alpha value is -5.88. The zero-order chi connectivity index (χ0) is 34.8. The third kappa shape index (κ3) is 4.14. The Bertz CT molecular complexity index is 2080. The van der Waals surface area contributed by atoms with Crippen molar-refractivity contribution in [3.05, 3.63) is 172 Å². The van der Waals surface area contributed by atoms with Gasteiger partial charge in [-0.15, -0.1) is 0 Å². The van der Waals surface area contributed by atoms with Gasteiger partial charge in [0.15, 0.2) is 5.78 Å². The number of fused-ring (bicyclic) bond motifs is 5. The molecule has 4 atom stereocenters. The predicted octanol–water partition coefficient (Wildman–Crippen LogP) is 7.67. The molecule has 5 aromatic carbocycles. The van der Waals surface area contributed by atoms with Crippen molar-refractivity contribution in [1.82, 2.24) is 0 Å². The lowest BCUT2D eigenvalue weighted by Gasteiger charge is -2.39. The van der Waals surface area contributed by atoms with Gasteiger partial charge in [-0.05, 0) is 78.4 Å². The number of nitrogens with zero attached hydrogens (tertiary/aromatic N) is 1. The van der Waals surface area contributed by atoms with Gasteiger partial charge in [-0.25, -0.2) is 9.69 Å². The molecule has 0 spiro atoms. The van der Waals surface area contributed by atoms with Crippen LogP contribution in [0.15, 0.2) is 133 Å². The SMILES string of the molecule is CCOC(=O)c1ccc(N2C(=O)[C@@H]3[C@H](C2=O)[C@@]2(c4ccccc4)C(=O)[C@@]3(c3ccccc3)C(c3ccc(C)cc3)=C2c2ccc(C)cc2)cc1. The Morgan fingerprint density at radius 3 is 1.42 bits per heavy atom. The fourth-order valence-electron chi connectivity index (χ4n) is 8.78. The number of aryl methyl sites for hydroxylation is 2. The van der Waals surface area contributed by atoms with E-state index in [9.17, 15) is 4.79 Å². The topological polar surface area (TPSA) is 80.8 Å². The first-order valence-corrected chi connectivity index (χ1v) is 17.0. The second kappa shape index (κ2) is 11.6. The molecule has 1 heterocycles. The molecule has 6 heteroatoms. The first-order chi connectivity index (χ1) is 24.3. The number of rotatable bonds is 7. The van der Waals surface area contributed by atoms with Crippen LogP contribution in [0.3, 0.4) is 0 Å². The number of anilines is 1. The largest absolute Gasteiger partial charge is 0.462 e. The molecule has 6 nitrogen and oxygen atoms in total. The Morgan fingerprint density at radius 2 is 1.02 bits per heavy atom. The van der Waals surface area contributed by atoms with E-state index in [-0.39, 0.29) is 12.4 Å². The molecule has 1 aliphatic heterocycles. The molecule has 2 aliphatic carbocycles. The van der Waals surface area contributed by atoms with Crippen molar-refractivity contribution in [1.29, 1.82) is 0 Å². The Labute approximate surface area is 291 Å². The van der Waals surface area contributed by atoms with Gasteiger partial charge in [-0.2, -0.15) is 0 Å². The van der Waals surface area contributed by atoms with Gasteiger partial charge in [0.05, 0.1) is 40.5 Å². The number of carbonyl (C=O) groups excluding carboxylic acids is 4. The molecule has 3 aliphatic rings. The van der Waals surface area contributed by atoms with Gasteiger partial charge in [-0.3, -0.25) is 14.4 Å². The number of hydrogen-bond donors (Lipinski definition) is 0. The lowest BCUT2D eigenvalue weighted by Crippen LogP contribution is -2.45. The van der Waals surface area contributed by atoms with Gasteiger partial charge in [0, 0.05) is 0 Å². The average Bonchev–Trinajstić information content (AvgIpc) is 3.65. The number of benzene rings is 5. The highest BCUT2D eigenvalue weighted by Crippen LogP contribution is 2.74. The molecule has 0 aromatic heterocycles. The van der Waals surface area contributed by atoms with Gasteiger partial charge in [0.1, 0.15) is 0 Å². The summed E-state index contributed by atoms with van der Waals surface area (Å²) >= 11 is 0. The van der Waals surface area contributed by atoms with Crippen molar-refractivity contribution in [3.8, 4) is 0 Å². The van der Waals surface area contributed by atoms with Crippen LogP contribution in [0.25, 0.3) is 11.1 Å². The predicted molar refractivity (Wildman–Crippen MR) is 192 cm³/mol. The minimum Gasteiger partial charge on any atom is -0.462 e. The summed E-state index contributed by atoms with van der Waals surface area (Å²) in [6.07, 6.45) is 0. The molecule has 5 aromatic rings. The van der Waals surface area contributed by atoms with Crippen molar-refractivity contribution in [2.24, 2.45) is 11.8 Å². The van der Waals surface area contributed by atoms with Crippen LogP contribution in [-0.2, 0) is 30.0 Å². The summed E-state index contributed by atoms with van der Waals surface area (Å²) in [4.78, 5) is 60.1. The van der Waals surface area contributed by atoms with Gasteiger partial charge in [-0.1, -0.05) is 120 Å². The summed E-state index contributed by atoms with van der Waals surface area (Å²) in [5.74, 6) is -3.58. The molecule has 0 radical (unpaired) electrons. The molecule has 8 rings (SSSR count). The van der Waals surface area contributed by atoms with Crippen molar-refractivity contribution in [2.75, 3.05) is 11.5 Å². The van der Waals surface area contributed by atoms with Crippen LogP contribution >= 0.6 is 0 Å². The molecule has 246 valence electrons. The van der Waals surface area contributed by atoms with Crippen LogP contribution in [-0.4, -0.2) is 30.2 Å². The minimum absolute atomic E-state index is 0.164. The molecule has 2 amide bonds. The Morgan fingerprint density at radius 1 is 0.600 bits per heavy atom. The van der Waals surface area contributed by atoms with Gasteiger partial charge in [0.25, 0.3) is 0 Å². The van der Waals surface area contributed by atoms with Gasteiger partial charge < -0.3 is 4.74 Å². The number of esters is 1. The number of imide groups is 1. The zero-order valence-corrected chi connectivity index (χ0v) is 28.1. The summed E-state index contributed by atoms with van der Waals surface area (Å²) in [5.41, 5.74) is 4.34. The average molecular weight is 658 g/mol. The summed E-state index contributed by atoms with van der Waals surface area (Å²) in [6, 6.07) is 41.5. The standard InChI is InChI=1S/C44H35NO5/c1-4-50-41(48)31-23-25-34(26-24-31)45-39(46)37-38(40(45)47)44(33-13-9-6-10-14-33)36(30-21-17-28(3)18-22-30)35(29-19-15-27(2)16-20-29)43(37,42(44)49)32-11-7-5-8-12-32/h5-26,37-38H,4H2,1-3H3/t37-,38+,43-,44-/m0/s1. The third-order valence-electron chi connectivity index (χ3n) is 10.8. The smallest absolute Gasteiger partial charge is 0.338 e. The maximum absolute atomic E-state index is 16.0. The molecule has 0 N–H and O–H groups in total. The number of ether oxygens (including phenoxy) is 1. The quantitative estimate of drug-likeness (QED) is 0.133. The number of carbonyl (C=O) groups is 4. The summed E-state index contributed by atoms with van der Waals surface area (Å²) in [7, 11) is 0. The number of ketones is 1. The number of hydrogen-bond acceptors (Lipinski definition) is 5. The van der Waals surface area contributed by atoms with Gasteiger partial charge in [0.2, 0.25) is 11.8 Å². The maximum Gasteiger partial charge on any atom is 0.338 e. The molecule has 2 bridgehead atoms. The summed E-state index contributed by atoms with van der Waals surface area (Å²) in [5, 5.41) is 0. The van der Waals surface area contributed by atoms with E-state index < -0.39 is 40.4 Å². The molecule has 50 heavy (non-hydrogen) atoms. The highest BCUT2D eigenvalue weighted by Gasteiger charge is 2.82. The van der Waals surface area contributed by atoms with Crippen LogP contribution < -0.4 is 4.90 Å². The lowest BCUT2D eigenvalue weighted by atomic mass is 9.59. The van der Waals surface area contributed by atoms with E-state index in [0.29, 0.717) is 22.4 Å². The maximum atomic E-state index is 16.0. The van der Waals surface area contributed by atoms with Crippen LogP contribution in [0.2, 0.25) is 0 Å². The van der Waals surface area contributed by atoms with Crippen molar-refractivity contribution in [2.45, 2.75) is 31.6 Å². The number of allylic oxidation sites excluding steroid dienone is 2. The zero-order valence-electron chi connectivity index (χ0n) is 28.1. The van der Waals surface area contributed by atoms with E-state index >= 15 is 14.4 Å². The second-order valence-electron chi connectivity index (χ2n) is 13.4. The Balaban J connectivity index is 1.47. The first-order valence-electron chi connectivity index (χ1n) is 17.0. The van der Waals surface area contributed by atoms with Crippen molar-refractivity contribution >= 4 is 40.4 Å². The highest BCUT2D eigenvalue weighted by molar-refractivity contribution is 6.39. The molecular weight excluding hydrogens is 622 g/mol. The van der Waals surface area contributed by atoms with Crippen molar-refractivity contribution in [3.63, 3.8) is 0 Å². The monoisotopic (exact) mass is 657 g/mol. The molecule has 0 unspecified atom stereocenters. The minimum atomic E-state index is -1.48. The fraction of sp³-hybridized carbons (Fsp3) is 0.182. The second-order valence-corrected chi connectivity index (χ2v) is 13.4.